The molecule has 7 heteroatoms. The molecule has 5 nitrogen and oxygen atoms in total. The van der Waals surface area contributed by atoms with Gasteiger partial charge in [0.15, 0.2) is 10.7 Å². The standard InChI is InChI=1S/C22H16ClN3O2S/c1-13-2-11-19-18(12-13)25-21(28-19)15-5-9-17(10-6-15)24-22(29)26-20(27)14-3-7-16(23)8-4-14/h2-12H,1H3,(H2,24,26,27,29). The van der Waals surface area contributed by atoms with Crippen LogP contribution >= 0.6 is 23.8 Å². The van der Waals surface area contributed by atoms with E-state index < -0.39 is 0 Å². The highest BCUT2D eigenvalue weighted by molar-refractivity contribution is 7.80. The van der Waals surface area contributed by atoms with Crippen LogP contribution in [0.3, 0.4) is 0 Å². The summed E-state index contributed by atoms with van der Waals surface area (Å²) in [4.78, 5) is 16.7. The first-order chi connectivity index (χ1) is 14.0. The average Bonchev–Trinajstić information content (AvgIpc) is 3.12. The van der Waals surface area contributed by atoms with Crippen molar-refractivity contribution in [1.29, 1.82) is 0 Å². The Balaban J connectivity index is 1.42. The number of oxazole rings is 1. The van der Waals surface area contributed by atoms with Crippen molar-refractivity contribution in [3.05, 3.63) is 82.9 Å². The summed E-state index contributed by atoms with van der Waals surface area (Å²) >= 11 is 11.1. The lowest BCUT2D eigenvalue weighted by atomic mass is 10.2. The van der Waals surface area contributed by atoms with Crippen LogP contribution in [0.5, 0.6) is 0 Å². The van der Waals surface area contributed by atoms with Crippen molar-refractivity contribution in [1.82, 2.24) is 10.3 Å². The van der Waals surface area contributed by atoms with Crippen LogP contribution < -0.4 is 10.6 Å². The van der Waals surface area contributed by atoms with Crippen molar-refractivity contribution in [3.8, 4) is 11.5 Å². The van der Waals surface area contributed by atoms with Gasteiger partial charge in [0.05, 0.1) is 0 Å². The summed E-state index contributed by atoms with van der Waals surface area (Å²) in [6.07, 6.45) is 0. The van der Waals surface area contributed by atoms with Crippen molar-refractivity contribution in [3.63, 3.8) is 0 Å². The number of nitrogens with one attached hydrogen (secondary N) is 2. The lowest BCUT2D eigenvalue weighted by Gasteiger charge is -2.10. The number of carbonyl (C=O) groups excluding carboxylic acids is 1. The van der Waals surface area contributed by atoms with Crippen molar-refractivity contribution < 1.29 is 9.21 Å². The molecular formula is C22H16ClN3O2S. The highest BCUT2D eigenvalue weighted by Crippen LogP contribution is 2.26. The second-order valence-electron chi connectivity index (χ2n) is 6.48. The second kappa shape index (κ2) is 8.03. The molecule has 1 amide bonds. The fourth-order valence-electron chi connectivity index (χ4n) is 2.80. The van der Waals surface area contributed by atoms with Crippen molar-refractivity contribution in [2.45, 2.75) is 6.92 Å². The molecule has 4 rings (SSSR count). The molecule has 0 saturated heterocycles. The molecule has 0 aliphatic heterocycles. The minimum absolute atomic E-state index is 0.204. The summed E-state index contributed by atoms with van der Waals surface area (Å²) in [5, 5.41) is 6.40. The number of rotatable bonds is 3. The predicted octanol–water partition coefficient (Wildman–Crippen LogP) is 5.58. The minimum Gasteiger partial charge on any atom is -0.436 e. The fraction of sp³-hybridized carbons (Fsp3) is 0.0455. The van der Waals surface area contributed by atoms with E-state index >= 15 is 0 Å². The number of hydrogen-bond donors (Lipinski definition) is 2. The maximum absolute atomic E-state index is 12.2. The number of carbonyl (C=O) groups is 1. The monoisotopic (exact) mass is 421 g/mol. The summed E-state index contributed by atoms with van der Waals surface area (Å²) < 4.78 is 5.82. The number of halogens is 1. The van der Waals surface area contributed by atoms with E-state index in [1.165, 1.54) is 0 Å². The molecule has 144 valence electrons. The zero-order valence-electron chi connectivity index (χ0n) is 15.4. The Kier molecular flexibility index (Phi) is 5.29. The zero-order valence-corrected chi connectivity index (χ0v) is 17.0. The van der Waals surface area contributed by atoms with E-state index in [1.54, 1.807) is 24.3 Å². The van der Waals surface area contributed by atoms with E-state index in [0.29, 0.717) is 16.5 Å². The van der Waals surface area contributed by atoms with Gasteiger partial charge in [-0.05, 0) is 85.4 Å². The lowest BCUT2D eigenvalue weighted by molar-refractivity contribution is 0.0977. The number of aryl methyl sites for hydroxylation is 1. The summed E-state index contributed by atoms with van der Waals surface area (Å²) in [7, 11) is 0. The fourth-order valence-corrected chi connectivity index (χ4v) is 3.13. The van der Waals surface area contributed by atoms with Gasteiger partial charge in [-0.1, -0.05) is 17.7 Å². The molecule has 4 aromatic rings. The van der Waals surface area contributed by atoms with E-state index in [0.717, 1.165) is 27.9 Å². The van der Waals surface area contributed by atoms with Crippen molar-refractivity contribution >= 4 is 51.6 Å². The Bertz CT molecular complexity index is 1200. The Morgan fingerprint density at radius 1 is 1.03 bits per heavy atom. The van der Waals surface area contributed by atoms with Gasteiger partial charge < -0.3 is 9.73 Å². The molecule has 0 aliphatic rings. The first kappa shape index (κ1) is 19.1. The maximum atomic E-state index is 12.2. The van der Waals surface area contributed by atoms with E-state index in [-0.39, 0.29) is 11.0 Å². The Labute approximate surface area is 177 Å². The summed E-state index contributed by atoms with van der Waals surface area (Å²) in [6.45, 7) is 2.02. The maximum Gasteiger partial charge on any atom is 0.257 e. The number of amides is 1. The normalized spacial score (nSPS) is 10.7. The van der Waals surface area contributed by atoms with E-state index in [4.69, 9.17) is 28.2 Å². The van der Waals surface area contributed by atoms with E-state index in [1.807, 2.05) is 49.4 Å². The van der Waals surface area contributed by atoms with Crippen molar-refractivity contribution in [2.24, 2.45) is 0 Å². The van der Waals surface area contributed by atoms with Crippen LogP contribution in [-0.2, 0) is 0 Å². The third kappa shape index (κ3) is 4.45. The van der Waals surface area contributed by atoms with Gasteiger partial charge in [-0.15, -0.1) is 0 Å². The SMILES string of the molecule is Cc1ccc2oc(-c3ccc(NC(=S)NC(=O)c4ccc(Cl)cc4)cc3)nc2c1. The van der Waals surface area contributed by atoms with Crippen LogP contribution in [0.15, 0.2) is 71.1 Å². The van der Waals surface area contributed by atoms with E-state index in [9.17, 15) is 4.79 Å². The molecule has 0 spiro atoms. The number of hydrogen-bond acceptors (Lipinski definition) is 4. The van der Waals surface area contributed by atoms with Crippen molar-refractivity contribution in [2.75, 3.05) is 5.32 Å². The van der Waals surface area contributed by atoms with Crippen LogP contribution in [0.4, 0.5) is 5.69 Å². The van der Waals surface area contributed by atoms with Gasteiger partial charge in [-0.3, -0.25) is 10.1 Å². The Morgan fingerprint density at radius 2 is 1.76 bits per heavy atom. The molecule has 0 aliphatic carbocycles. The molecule has 0 saturated carbocycles. The number of benzene rings is 3. The quantitative estimate of drug-likeness (QED) is 0.422. The van der Waals surface area contributed by atoms with Gasteiger partial charge in [0.1, 0.15) is 5.52 Å². The summed E-state index contributed by atoms with van der Waals surface area (Å²) in [5.41, 5.74) is 4.76. The third-order valence-corrected chi connectivity index (χ3v) is 4.72. The third-order valence-electron chi connectivity index (χ3n) is 4.27. The number of anilines is 1. The molecular weight excluding hydrogens is 406 g/mol. The number of nitrogens with zero attached hydrogens (tertiary/aromatic N) is 1. The smallest absolute Gasteiger partial charge is 0.257 e. The first-order valence-corrected chi connectivity index (χ1v) is 9.62. The predicted molar refractivity (Wildman–Crippen MR) is 119 cm³/mol. The average molecular weight is 422 g/mol. The van der Waals surface area contributed by atoms with Crippen LogP contribution in [0.1, 0.15) is 15.9 Å². The van der Waals surface area contributed by atoms with Gasteiger partial charge in [0, 0.05) is 21.8 Å². The minimum atomic E-state index is -0.308. The van der Waals surface area contributed by atoms with Crippen LogP contribution in [0, 0.1) is 6.92 Å². The molecule has 0 bridgehead atoms. The number of aromatic nitrogens is 1. The Morgan fingerprint density at radius 3 is 2.48 bits per heavy atom. The van der Waals surface area contributed by atoms with Gasteiger partial charge in [0.25, 0.3) is 5.91 Å². The van der Waals surface area contributed by atoms with Gasteiger partial charge >= 0.3 is 0 Å². The molecule has 0 fully saturated rings. The topological polar surface area (TPSA) is 67.2 Å². The molecule has 0 unspecified atom stereocenters. The van der Waals surface area contributed by atoms with E-state index in [2.05, 4.69) is 15.6 Å². The summed E-state index contributed by atoms with van der Waals surface area (Å²) in [6, 6.07) is 19.9. The van der Waals surface area contributed by atoms with Gasteiger partial charge in [0.2, 0.25) is 5.89 Å². The Hall–Kier alpha value is -3.22. The van der Waals surface area contributed by atoms with Gasteiger partial charge in [-0.2, -0.15) is 0 Å². The highest BCUT2D eigenvalue weighted by atomic mass is 35.5. The molecule has 2 N–H and O–H groups in total. The summed E-state index contributed by atoms with van der Waals surface area (Å²) in [5.74, 6) is 0.244. The second-order valence-corrected chi connectivity index (χ2v) is 7.33. The molecule has 29 heavy (non-hydrogen) atoms. The molecule has 1 heterocycles. The lowest BCUT2D eigenvalue weighted by Crippen LogP contribution is -2.34. The number of fused-ring (bicyclic) bond motifs is 1. The number of thiocarbonyl (C=S) groups is 1. The zero-order chi connectivity index (χ0) is 20.4. The van der Waals surface area contributed by atoms with Crippen LogP contribution in [0.2, 0.25) is 5.02 Å². The molecule has 0 radical (unpaired) electrons. The molecule has 1 aromatic heterocycles. The highest BCUT2D eigenvalue weighted by Gasteiger charge is 2.10. The van der Waals surface area contributed by atoms with Gasteiger partial charge in [-0.25, -0.2) is 4.98 Å². The molecule has 0 atom stereocenters. The van der Waals surface area contributed by atoms with Crippen LogP contribution in [-0.4, -0.2) is 16.0 Å². The van der Waals surface area contributed by atoms with Crippen LogP contribution in [0.25, 0.3) is 22.6 Å². The largest absolute Gasteiger partial charge is 0.436 e. The first-order valence-electron chi connectivity index (χ1n) is 8.83. The molecule has 3 aromatic carbocycles.